The van der Waals surface area contributed by atoms with Crippen molar-refractivity contribution >= 4 is 56.4 Å². The van der Waals surface area contributed by atoms with E-state index < -0.39 is 22.5 Å². The summed E-state index contributed by atoms with van der Waals surface area (Å²) >= 11 is 12.3. The van der Waals surface area contributed by atoms with Gasteiger partial charge in [0.1, 0.15) is 6.54 Å². The average Bonchev–Trinajstić information content (AvgIpc) is 3.40. The summed E-state index contributed by atoms with van der Waals surface area (Å²) in [5.74, 6) is -1.03. The predicted molar refractivity (Wildman–Crippen MR) is 144 cm³/mol. The number of ether oxygens (including phenoxy) is 1. The van der Waals surface area contributed by atoms with E-state index in [0.717, 1.165) is 17.1 Å². The number of sulfonamides is 1. The number of carbonyl (C=O) groups is 2. The lowest BCUT2D eigenvalue weighted by Gasteiger charge is -2.24. The molecule has 0 aliphatic carbocycles. The summed E-state index contributed by atoms with van der Waals surface area (Å²) in [4.78, 5) is 26.0. The zero-order valence-corrected chi connectivity index (χ0v) is 22.0. The van der Waals surface area contributed by atoms with Gasteiger partial charge in [0.15, 0.2) is 0 Å². The second-order valence-corrected chi connectivity index (χ2v) is 11.1. The van der Waals surface area contributed by atoms with Gasteiger partial charge in [-0.3, -0.25) is 13.9 Å². The summed E-state index contributed by atoms with van der Waals surface area (Å²) in [6.07, 6.45) is 1.79. The van der Waals surface area contributed by atoms with Crippen LogP contribution in [0.15, 0.2) is 77.7 Å². The van der Waals surface area contributed by atoms with Gasteiger partial charge in [0.2, 0.25) is 5.91 Å². The monoisotopic (exact) mass is 561 g/mol. The number of hydrogen-bond acceptors (Lipinski definition) is 5. The third-order valence-electron chi connectivity index (χ3n) is 5.71. The minimum absolute atomic E-state index is 0.00666. The highest BCUT2D eigenvalue weighted by Crippen LogP contribution is 2.30. The lowest BCUT2D eigenvalue weighted by Crippen LogP contribution is -2.38. The van der Waals surface area contributed by atoms with E-state index in [-0.39, 0.29) is 43.9 Å². The molecule has 0 spiro atoms. The molecule has 37 heavy (non-hydrogen) atoms. The molecule has 0 unspecified atom stereocenters. The van der Waals surface area contributed by atoms with Crippen LogP contribution in [-0.4, -0.2) is 46.0 Å². The van der Waals surface area contributed by atoms with Crippen molar-refractivity contribution in [3.05, 3.63) is 88.4 Å². The van der Waals surface area contributed by atoms with Crippen LogP contribution in [0.3, 0.4) is 0 Å². The first-order valence-electron chi connectivity index (χ1n) is 11.6. The minimum Gasteiger partial charge on any atom is -0.376 e. The summed E-state index contributed by atoms with van der Waals surface area (Å²) in [5.41, 5.74) is 0.620. The second kappa shape index (κ2) is 12.0. The molecule has 0 saturated carbocycles. The molecule has 2 N–H and O–H groups in total. The van der Waals surface area contributed by atoms with Crippen molar-refractivity contribution in [1.82, 2.24) is 5.32 Å². The Bertz CT molecular complexity index is 1360. The molecule has 4 rings (SSSR count). The SMILES string of the molecule is O=C(CN(c1cc(Cl)cc(Cl)c1)S(=O)(=O)c1ccccc1)Nc1ccccc1C(=O)NC[C@H]1CCCO1. The van der Waals surface area contributed by atoms with E-state index in [1.165, 1.54) is 30.3 Å². The molecule has 1 atom stereocenters. The van der Waals surface area contributed by atoms with Gasteiger partial charge in [-0.1, -0.05) is 53.5 Å². The van der Waals surface area contributed by atoms with Crippen LogP contribution in [0.1, 0.15) is 23.2 Å². The van der Waals surface area contributed by atoms with Crippen molar-refractivity contribution in [3.63, 3.8) is 0 Å². The number of amides is 2. The van der Waals surface area contributed by atoms with E-state index in [9.17, 15) is 18.0 Å². The fraction of sp³-hybridized carbons (Fsp3) is 0.231. The van der Waals surface area contributed by atoms with Gasteiger partial charge >= 0.3 is 0 Å². The first-order valence-corrected chi connectivity index (χ1v) is 13.8. The van der Waals surface area contributed by atoms with E-state index in [0.29, 0.717) is 13.2 Å². The van der Waals surface area contributed by atoms with Crippen molar-refractivity contribution in [2.24, 2.45) is 0 Å². The first kappa shape index (κ1) is 26.9. The number of rotatable bonds is 9. The van der Waals surface area contributed by atoms with Crippen LogP contribution in [0.4, 0.5) is 11.4 Å². The fourth-order valence-corrected chi connectivity index (χ4v) is 5.88. The van der Waals surface area contributed by atoms with Crippen molar-refractivity contribution in [1.29, 1.82) is 0 Å². The number of nitrogens with one attached hydrogen (secondary N) is 2. The Kier molecular flexibility index (Phi) is 8.71. The summed E-state index contributed by atoms with van der Waals surface area (Å²) in [6, 6.07) is 18.5. The van der Waals surface area contributed by atoms with Crippen LogP contribution in [0.5, 0.6) is 0 Å². The second-order valence-electron chi connectivity index (χ2n) is 8.39. The topological polar surface area (TPSA) is 105 Å². The summed E-state index contributed by atoms with van der Waals surface area (Å²) in [5, 5.41) is 5.92. The maximum atomic E-state index is 13.5. The molecule has 1 fully saturated rings. The number of halogens is 2. The average molecular weight is 562 g/mol. The number of anilines is 2. The number of para-hydroxylation sites is 1. The highest BCUT2D eigenvalue weighted by molar-refractivity contribution is 7.92. The number of nitrogens with zero attached hydrogens (tertiary/aromatic N) is 1. The van der Waals surface area contributed by atoms with Crippen LogP contribution in [0.25, 0.3) is 0 Å². The van der Waals surface area contributed by atoms with Gasteiger partial charge in [-0.25, -0.2) is 8.42 Å². The fourth-order valence-electron chi connectivity index (χ4n) is 3.94. The molecule has 1 aliphatic heterocycles. The Morgan fingerprint density at radius 1 is 0.973 bits per heavy atom. The summed E-state index contributed by atoms with van der Waals surface area (Å²) in [7, 11) is -4.16. The molecule has 2 amide bonds. The zero-order chi connectivity index (χ0) is 26.4. The third-order valence-corrected chi connectivity index (χ3v) is 7.94. The van der Waals surface area contributed by atoms with Crippen molar-refractivity contribution in [2.75, 3.05) is 29.3 Å². The Hall–Kier alpha value is -3.11. The van der Waals surface area contributed by atoms with E-state index in [1.54, 1.807) is 42.5 Å². The van der Waals surface area contributed by atoms with Crippen molar-refractivity contribution in [2.45, 2.75) is 23.8 Å². The Labute approximate surface area is 225 Å². The van der Waals surface area contributed by atoms with Gasteiger partial charge in [-0.05, 0) is 55.3 Å². The van der Waals surface area contributed by atoms with Crippen molar-refractivity contribution in [3.8, 4) is 0 Å². The summed E-state index contributed by atoms with van der Waals surface area (Å²) in [6.45, 7) is 0.451. The lowest BCUT2D eigenvalue weighted by atomic mass is 10.1. The van der Waals surface area contributed by atoms with E-state index in [2.05, 4.69) is 10.6 Å². The molecule has 1 saturated heterocycles. The van der Waals surface area contributed by atoms with Gasteiger partial charge in [0.05, 0.1) is 27.9 Å². The van der Waals surface area contributed by atoms with Gasteiger partial charge in [0.25, 0.3) is 15.9 Å². The Morgan fingerprint density at radius 3 is 2.32 bits per heavy atom. The quantitative estimate of drug-likeness (QED) is 0.392. The molecule has 194 valence electrons. The van der Waals surface area contributed by atoms with Gasteiger partial charge in [-0.2, -0.15) is 0 Å². The predicted octanol–water partition coefficient (Wildman–Crippen LogP) is 4.74. The van der Waals surface area contributed by atoms with E-state index in [1.807, 2.05) is 0 Å². The first-order chi connectivity index (χ1) is 17.7. The molecular formula is C26H25Cl2N3O5S. The van der Waals surface area contributed by atoms with Crippen LogP contribution >= 0.6 is 23.2 Å². The normalized spacial score (nSPS) is 15.2. The lowest BCUT2D eigenvalue weighted by molar-refractivity contribution is -0.114. The smallest absolute Gasteiger partial charge is 0.264 e. The zero-order valence-electron chi connectivity index (χ0n) is 19.7. The maximum absolute atomic E-state index is 13.5. The number of benzene rings is 3. The van der Waals surface area contributed by atoms with Crippen LogP contribution in [0.2, 0.25) is 10.0 Å². The largest absolute Gasteiger partial charge is 0.376 e. The number of hydrogen-bond donors (Lipinski definition) is 2. The molecule has 1 heterocycles. The Morgan fingerprint density at radius 2 is 1.65 bits per heavy atom. The molecule has 3 aromatic rings. The third kappa shape index (κ3) is 6.81. The molecule has 3 aromatic carbocycles. The van der Waals surface area contributed by atoms with Crippen LogP contribution < -0.4 is 14.9 Å². The maximum Gasteiger partial charge on any atom is 0.264 e. The van der Waals surface area contributed by atoms with Gasteiger partial charge in [-0.15, -0.1) is 0 Å². The van der Waals surface area contributed by atoms with Crippen molar-refractivity contribution < 1.29 is 22.7 Å². The molecule has 0 radical (unpaired) electrons. The molecule has 8 nitrogen and oxygen atoms in total. The van der Waals surface area contributed by atoms with Crippen LogP contribution in [0, 0.1) is 0 Å². The molecule has 0 aromatic heterocycles. The molecular weight excluding hydrogens is 537 g/mol. The van der Waals surface area contributed by atoms with Crippen LogP contribution in [-0.2, 0) is 19.6 Å². The van der Waals surface area contributed by atoms with Gasteiger partial charge < -0.3 is 15.4 Å². The minimum atomic E-state index is -4.16. The van der Waals surface area contributed by atoms with E-state index in [4.69, 9.17) is 27.9 Å². The van der Waals surface area contributed by atoms with Gasteiger partial charge in [0, 0.05) is 23.2 Å². The standard InChI is InChI=1S/C26H25Cl2N3O5S/c27-18-13-19(28)15-20(14-18)31(37(34,35)22-8-2-1-3-9-22)17-25(32)30-24-11-5-4-10-23(24)26(33)29-16-21-7-6-12-36-21/h1-5,8-11,13-15,21H,6-7,12,16-17H2,(H,29,33)(H,30,32)/t21-/m1/s1. The summed E-state index contributed by atoms with van der Waals surface area (Å²) < 4.78 is 33.5. The highest BCUT2D eigenvalue weighted by Gasteiger charge is 2.28. The molecule has 1 aliphatic rings. The molecule has 11 heteroatoms. The number of carbonyl (C=O) groups excluding carboxylic acids is 2. The Balaban J connectivity index is 1.57. The van der Waals surface area contributed by atoms with E-state index >= 15 is 0 Å². The molecule has 0 bridgehead atoms. The highest BCUT2D eigenvalue weighted by atomic mass is 35.5.